The Balaban J connectivity index is -0.000000142. The monoisotopic (exact) mass is 195 g/mol. The van der Waals surface area contributed by atoms with E-state index in [2.05, 4.69) is 0 Å². The van der Waals surface area contributed by atoms with Crippen molar-refractivity contribution < 1.29 is 9.59 Å². The predicted molar refractivity (Wildman–Crippen MR) is 52.6 cm³/mol. The van der Waals surface area contributed by atoms with Crippen LogP contribution in [-0.4, -0.2) is 17.1 Å². The molecule has 0 saturated heterocycles. The van der Waals surface area contributed by atoms with E-state index < -0.39 is 5.54 Å². The van der Waals surface area contributed by atoms with Gasteiger partial charge in [-0.2, -0.15) is 0 Å². The Morgan fingerprint density at radius 2 is 1.17 bits per heavy atom. The highest BCUT2D eigenvalue weighted by Gasteiger charge is 2.15. The fraction of sp³-hybridized carbons (Fsp3) is 0.750. The first-order chi connectivity index (χ1) is 4.68. The molecule has 0 aliphatic carbocycles. The van der Waals surface area contributed by atoms with Crippen molar-refractivity contribution in [1.29, 1.82) is 0 Å². The SMILES string of the molecule is CC(=O)C(C)(C)N.CC(C)=O.Cl. The van der Waals surface area contributed by atoms with Crippen LogP contribution in [0.3, 0.4) is 0 Å². The Morgan fingerprint density at radius 1 is 1.08 bits per heavy atom. The molecule has 0 aliphatic heterocycles. The zero-order chi connectivity index (χ0) is 9.65. The van der Waals surface area contributed by atoms with Gasteiger partial charge in [0.2, 0.25) is 0 Å². The van der Waals surface area contributed by atoms with Crippen molar-refractivity contribution in [2.75, 3.05) is 0 Å². The minimum Gasteiger partial charge on any atom is -0.319 e. The van der Waals surface area contributed by atoms with E-state index >= 15 is 0 Å². The van der Waals surface area contributed by atoms with Crippen LogP contribution in [0.5, 0.6) is 0 Å². The van der Waals surface area contributed by atoms with E-state index in [1.54, 1.807) is 13.8 Å². The molecule has 4 heteroatoms. The summed E-state index contributed by atoms with van der Waals surface area (Å²) in [4.78, 5) is 19.8. The molecule has 0 bridgehead atoms. The fourth-order valence-electron chi connectivity index (χ4n) is 0. The number of Topliss-reactive ketones (excluding diaryl/α,β-unsaturated/α-hetero) is 2. The van der Waals surface area contributed by atoms with Gasteiger partial charge in [-0.05, 0) is 34.6 Å². The highest BCUT2D eigenvalue weighted by atomic mass is 35.5. The topological polar surface area (TPSA) is 60.2 Å². The molecule has 0 saturated carbocycles. The molecular weight excluding hydrogens is 178 g/mol. The maximum atomic E-state index is 10.3. The molecule has 0 spiro atoms. The number of nitrogens with two attached hydrogens (primary N) is 1. The lowest BCUT2D eigenvalue weighted by Gasteiger charge is -2.11. The number of hydrogen-bond acceptors (Lipinski definition) is 3. The zero-order valence-electron chi connectivity index (χ0n) is 8.30. The first-order valence-electron chi connectivity index (χ1n) is 3.45. The van der Waals surface area contributed by atoms with Crippen molar-refractivity contribution in [1.82, 2.24) is 0 Å². The predicted octanol–water partition coefficient (Wildman–Crippen LogP) is 1.33. The summed E-state index contributed by atoms with van der Waals surface area (Å²) in [6.07, 6.45) is 0. The third-order valence-corrected chi connectivity index (χ3v) is 0.907. The van der Waals surface area contributed by atoms with Crippen LogP contribution in [0.15, 0.2) is 0 Å². The summed E-state index contributed by atoms with van der Waals surface area (Å²) in [6.45, 7) is 7.92. The summed E-state index contributed by atoms with van der Waals surface area (Å²) >= 11 is 0. The first kappa shape index (κ1) is 17.6. The third kappa shape index (κ3) is 22.6. The molecule has 74 valence electrons. The Bertz CT molecular complexity index is 146. The van der Waals surface area contributed by atoms with Crippen molar-refractivity contribution in [2.24, 2.45) is 5.73 Å². The molecule has 3 nitrogen and oxygen atoms in total. The molecular formula is C8H18ClNO2. The van der Waals surface area contributed by atoms with Gasteiger partial charge in [-0.25, -0.2) is 0 Å². The Hall–Kier alpha value is -0.410. The van der Waals surface area contributed by atoms with Gasteiger partial charge < -0.3 is 10.5 Å². The van der Waals surface area contributed by atoms with E-state index in [0.717, 1.165) is 0 Å². The minimum atomic E-state index is -0.639. The molecule has 12 heavy (non-hydrogen) atoms. The molecule has 0 rings (SSSR count). The molecule has 2 N–H and O–H groups in total. The lowest BCUT2D eigenvalue weighted by atomic mass is 10.0. The summed E-state index contributed by atoms with van der Waals surface area (Å²) in [5, 5.41) is 0. The van der Waals surface area contributed by atoms with Gasteiger partial charge in [-0.15, -0.1) is 12.4 Å². The van der Waals surface area contributed by atoms with E-state index in [4.69, 9.17) is 5.73 Å². The Kier molecular flexibility index (Phi) is 10.6. The molecule has 0 aromatic carbocycles. The summed E-state index contributed by atoms with van der Waals surface area (Å²) in [7, 11) is 0. The molecule has 0 aromatic rings. The minimum absolute atomic E-state index is 0. The van der Waals surface area contributed by atoms with E-state index in [1.807, 2.05) is 0 Å². The van der Waals surface area contributed by atoms with Gasteiger partial charge in [-0.1, -0.05) is 0 Å². The van der Waals surface area contributed by atoms with Crippen molar-refractivity contribution in [3.05, 3.63) is 0 Å². The van der Waals surface area contributed by atoms with Gasteiger partial charge in [0, 0.05) is 0 Å². The lowest BCUT2D eigenvalue weighted by Crippen LogP contribution is -2.39. The smallest absolute Gasteiger partial charge is 0.149 e. The lowest BCUT2D eigenvalue weighted by molar-refractivity contribution is -0.121. The zero-order valence-corrected chi connectivity index (χ0v) is 9.12. The van der Waals surface area contributed by atoms with E-state index in [1.165, 1.54) is 20.8 Å². The van der Waals surface area contributed by atoms with Crippen LogP contribution in [-0.2, 0) is 9.59 Å². The average molecular weight is 196 g/mol. The quantitative estimate of drug-likeness (QED) is 0.687. The highest BCUT2D eigenvalue weighted by Crippen LogP contribution is 1.95. The average Bonchev–Trinajstić information content (AvgIpc) is 1.59. The molecule has 0 fully saturated rings. The number of carbonyl (C=O) groups excluding carboxylic acids is 2. The summed E-state index contributed by atoms with van der Waals surface area (Å²) < 4.78 is 0. The molecule has 0 aliphatic rings. The number of ketones is 2. The third-order valence-electron chi connectivity index (χ3n) is 0.907. The Morgan fingerprint density at radius 3 is 1.17 bits per heavy atom. The Labute approximate surface area is 80.1 Å². The molecule has 0 heterocycles. The highest BCUT2D eigenvalue weighted by molar-refractivity contribution is 5.85. The van der Waals surface area contributed by atoms with Crippen molar-refractivity contribution in [3.8, 4) is 0 Å². The number of rotatable bonds is 1. The van der Waals surface area contributed by atoms with Gasteiger partial charge >= 0.3 is 0 Å². The van der Waals surface area contributed by atoms with Gasteiger partial charge in [0.25, 0.3) is 0 Å². The van der Waals surface area contributed by atoms with E-state index in [-0.39, 0.29) is 24.0 Å². The van der Waals surface area contributed by atoms with Gasteiger partial charge in [0.15, 0.2) is 0 Å². The molecule has 0 unspecified atom stereocenters. The fourth-order valence-corrected chi connectivity index (χ4v) is 0. The summed E-state index contributed by atoms with van der Waals surface area (Å²) in [5.74, 6) is 0.188. The maximum Gasteiger partial charge on any atom is 0.149 e. The van der Waals surface area contributed by atoms with Crippen molar-refractivity contribution >= 4 is 24.0 Å². The van der Waals surface area contributed by atoms with Crippen molar-refractivity contribution in [2.45, 2.75) is 40.2 Å². The van der Waals surface area contributed by atoms with Crippen LogP contribution in [0.1, 0.15) is 34.6 Å². The summed E-state index contributed by atoms with van der Waals surface area (Å²) in [5.41, 5.74) is 4.69. The first-order valence-corrected chi connectivity index (χ1v) is 3.45. The molecule has 0 amide bonds. The van der Waals surface area contributed by atoms with Crippen molar-refractivity contribution in [3.63, 3.8) is 0 Å². The van der Waals surface area contributed by atoms with E-state index in [9.17, 15) is 9.59 Å². The van der Waals surface area contributed by atoms with Gasteiger partial charge in [-0.3, -0.25) is 4.79 Å². The van der Waals surface area contributed by atoms with Crippen LogP contribution in [0.2, 0.25) is 0 Å². The largest absolute Gasteiger partial charge is 0.319 e. The maximum absolute atomic E-state index is 10.3. The van der Waals surface area contributed by atoms with Crippen LogP contribution in [0, 0.1) is 0 Å². The second-order valence-corrected chi connectivity index (χ2v) is 3.19. The second-order valence-electron chi connectivity index (χ2n) is 3.19. The second kappa shape index (κ2) is 7.25. The van der Waals surface area contributed by atoms with Gasteiger partial charge in [0.05, 0.1) is 5.54 Å². The van der Waals surface area contributed by atoms with Gasteiger partial charge in [0.1, 0.15) is 11.6 Å². The van der Waals surface area contributed by atoms with Crippen LogP contribution < -0.4 is 5.73 Å². The number of hydrogen-bond donors (Lipinski definition) is 1. The van der Waals surface area contributed by atoms with Crippen LogP contribution in [0.25, 0.3) is 0 Å². The molecule has 0 atom stereocenters. The molecule has 0 radical (unpaired) electrons. The molecule has 0 aromatic heterocycles. The normalized spacial score (nSPS) is 8.83. The summed E-state index contributed by atoms with van der Waals surface area (Å²) in [6, 6.07) is 0. The van der Waals surface area contributed by atoms with E-state index in [0.29, 0.717) is 0 Å². The standard InChI is InChI=1S/C5H11NO.C3H6O.ClH/c1-4(7)5(2,3)6;1-3(2)4;/h6H2,1-3H3;1-2H3;1H. The number of halogens is 1. The number of carbonyl (C=O) groups is 2. The van der Waals surface area contributed by atoms with Crippen LogP contribution in [0.4, 0.5) is 0 Å². The van der Waals surface area contributed by atoms with Crippen LogP contribution >= 0.6 is 12.4 Å².